The van der Waals surface area contributed by atoms with Crippen molar-refractivity contribution >= 4 is 35.1 Å². The highest BCUT2D eigenvalue weighted by Gasteiger charge is 2.33. The molecule has 2 aliphatic heterocycles. The molecule has 2 aromatic rings. The van der Waals surface area contributed by atoms with E-state index >= 15 is 0 Å². The summed E-state index contributed by atoms with van der Waals surface area (Å²) in [5.74, 6) is 0. The van der Waals surface area contributed by atoms with Crippen LogP contribution in [0.1, 0.15) is 16.7 Å². The number of aliphatic hydroxyl groups is 1. The van der Waals surface area contributed by atoms with Gasteiger partial charge in [-0.3, -0.25) is 0 Å². The lowest BCUT2D eigenvalue weighted by Gasteiger charge is -2.33. The van der Waals surface area contributed by atoms with Gasteiger partial charge in [-0.05, 0) is 59.9 Å². The first-order chi connectivity index (χ1) is 12.0. The predicted octanol–water partition coefficient (Wildman–Crippen LogP) is 3.75. The van der Waals surface area contributed by atoms with Crippen LogP contribution in [-0.4, -0.2) is 29.1 Å². The van der Waals surface area contributed by atoms with E-state index in [1.165, 1.54) is 0 Å². The van der Waals surface area contributed by atoms with E-state index in [9.17, 15) is 15.0 Å². The molecule has 5 nitrogen and oxygen atoms in total. The van der Waals surface area contributed by atoms with Crippen molar-refractivity contribution in [3.63, 3.8) is 0 Å². The number of rotatable bonds is 2. The Hall–Kier alpha value is -2.50. The minimum absolute atomic E-state index is 0.457. The summed E-state index contributed by atoms with van der Waals surface area (Å²) in [5.41, 5.74) is 5.15. The molecule has 2 aliphatic rings. The van der Waals surface area contributed by atoms with Crippen LogP contribution >= 0.6 is 11.6 Å². The summed E-state index contributed by atoms with van der Waals surface area (Å²) >= 11 is 5.92. The highest BCUT2D eigenvalue weighted by molar-refractivity contribution is 6.30. The highest BCUT2D eigenvalue weighted by Crippen LogP contribution is 2.40. The SMILES string of the molecule is O=C(O)N1c2ccc3c(c2C=C(Cc2ccc(Cl)cc2)C1O)CCN3. The number of carboxylic acid groups (broad SMARTS) is 1. The summed E-state index contributed by atoms with van der Waals surface area (Å²) in [6.07, 6.45) is 0.861. The predicted molar refractivity (Wildman–Crippen MR) is 98.3 cm³/mol. The second-order valence-corrected chi connectivity index (χ2v) is 6.69. The Labute approximate surface area is 150 Å². The molecule has 0 fully saturated rings. The Morgan fingerprint density at radius 3 is 2.72 bits per heavy atom. The van der Waals surface area contributed by atoms with Gasteiger partial charge in [0.05, 0.1) is 5.69 Å². The number of nitrogens with one attached hydrogen (secondary N) is 1. The lowest BCUT2D eigenvalue weighted by atomic mass is 9.92. The summed E-state index contributed by atoms with van der Waals surface area (Å²) in [5, 5.41) is 24.2. The number of fused-ring (bicyclic) bond motifs is 3. The first kappa shape index (κ1) is 16.0. The van der Waals surface area contributed by atoms with Crippen molar-refractivity contribution in [2.75, 3.05) is 16.8 Å². The van der Waals surface area contributed by atoms with E-state index in [1.54, 1.807) is 18.2 Å². The number of anilines is 2. The summed E-state index contributed by atoms with van der Waals surface area (Å²) < 4.78 is 0. The summed E-state index contributed by atoms with van der Waals surface area (Å²) in [7, 11) is 0. The van der Waals surface area contributed by atoms with Crippen LogP contribution in [0.25, 0.3) is 6.08 Å². The zero-order valence-corrected chi connectivity index (χ0v) is 14.1. The van der Waals surface area contributed by atoms with Crippen LogP contribution in [0.2, 0.25) is 5.02 Å². The number of nitrogens with zero attached hydrogens (tertiary/aromatic N) is 1. The summed E-state index contributed by atoms with van der Waals surface area (Å²) in [6.45, 7) is 0.835. The van der Waals surface area contributed by atoms with E-state index in [1.807, 2.05) is 24.3 Å². The van der Waals surface area contributed by atoms with Gasteiger partial charge in [-0.25, -0.2) is 9.69 Å². The smallest absolute Gasteiger partial charge is 0.414 e. The number of halogens is 1. The van der Waals surface area contributed by atoms with Gasteiger partial charge in [0.15, 0.2) is 6.23 Å². The van der Waals surface area contributed by atoms with Crippen LogP contribution in [0.4, 0.5) is 16.2 Å². The number of hydrogen-bond donors (Lipinski definition) is 3. The van der Waals surface area contributed by atoms with E-state index in [-0.39, 0.29) is 0 Å². The molecular formula is C19H17ClN2O3. The van der Waals surface area contributed by atoms with Crippen LogP contribution < -0.4 is 10.2 Å². The van der Waals surface area contributed by atoms with Crippen LogP contribution in [0.3, 0.4) is 0 Å². The van der Waals surface area contributed by atoms with E-state index in [0.717, 1.165) is 40.2 Å². The van der Waals surface area contributed by atoms with Crippen molar-refractivity contribution in [3.8, 4) is 0 Å². The molecule has 0 bridgehead atoms. The van der Waals surface area contributed by atoms with Gasteiger partial charge in [-0.15, -0.1) is 0 Å². The number of carbonyl (C=O) groups is 1. The van der Waals surface area contributed by atoms with Crippen molar-refractivity contribution in [1.82, 2.24) is 0 Å². The molecule has 0 spiro atoms. The molecule has 0 aliphatic carbocycles. The molecule has 1 unspecified atom stereocenters. The Balaban J connectivity index is 1.80. The minimum atomic E-state index is -1.20. The maximum Gasteiger partial charge on any atom is 0.414 e. The number of aliphatic hydroxyl groups excluding tert-OH is 1. The largest absolute Gasteiger partial charge is 0.465 e. The number of amides is 1. The topological polar surface area (TPSA) is 72.8 Å². The zero-order chi connectivity index (χ0) is 17.6. The first-order valence-corrected chi connectivity index (χ1v) is 8.47. The van der Waals surface area contributed by atoms with E-state index in [0.29, 0.717) is 22.7 Å². The van der Waals surface area contributed by atoms with Crippen LogP contribution in [0.15, 0.2) is 42.0 Å². The second kappa shape index (κ2) is 6.10. The van der Waals surface area contributed by atoms with E-state index in [4.69, 9.17) is 11.6 Å². The molecule has 0 saturated heterocycles. The van der Waals surface area contributed by atoms with Gasteiger partial charge in [0.2, 0.25) is 0 Å². The fourth-order valence-electron chi connectivity index (χ4n) is 3.53. The standard InChI is InChI=1S/C19H17ClN2O3/c20-13-3-1-11(2-4-13)9-12-10-15-14-7-8-21-16(14)5-6-17(15)22(18(12)23)19(24)25/h1-6,10,18,21,23H,7-9H2,(H,24,25). The molecule has 3 N–H and O–H groups in total. The molecule has 0 aromatic heterocycles. The van der Waals surface area contributed by atoms with Gasteiger partial charge in [0.1, 0.15) is 0 Å². The molecule has 2 heterocycles. The molecule has 128 valence electrons. The maximum absolute atomic E-state index is 11.8. The van der Waals surface area contributed by atoms with Crippen molar-refractivity contribution in [2.24, 2.45) is 0 Å². The van der Waals surface area contributed by atoms with Gasteiger partial charge in [-0.2, -0.15) is 0 Å². The molecule has 2 aromatic carbocycles. The van der Waals surface area contributed by atoms with Crippen molar-refractivity contribution in [3.05, 3.63) is 63.7 Å². The maximum atomic E-state index is 11.8. The minimum Gasteiger partial charge on any atom is -0.465 e. The van der Waals surface area contributed by atoms with Gasteiger partial charge in [0.25, 0.3) is 0 Å². The normalized spacial score (nSPS) is 18.2. The lowest BCUT2D eigenvalue weighted by Crippen LogP contribution is -2.43. The Morgan fingerprint density at radius 2 is 2.00 bits per heavy atom. The van der Waals surface area contributed by atoms with E-state index < -0.39 is 12.3 Å². The second-order valence-electron chi connectivity index (χ2n) is 6.25. The first-order valence-electron chi connectivity index (χ1n) is 8.09. The Bertz CT molecular complexity index is 877. The molecular weight excluding hydrogens is 340 g/mol. The summed E-state index contributed by atoms with van der Waals surface area (Å²) in [4.78, 5) is 12.8. The lowest BCUT2D eigenvalue weighted by molar-refractivity contribution is 0.164. The fourth-order valence-corrected chi connectivity index (χ4v) is 3.65. The van der Waals surface area contributed by atoms with Gasteiger partial charge < -0.3 is 15.5 Å². The van der Waals surface area contributed by atoms with Crippen LogP contribution in [-0.2, 0) is 12.8 Å². The van der Waals surface area contributed by atoms with Gasteiger partial charge >= 0.3 is 6.09 Å². The van der Waals surface area contributed by atoms with Crippen LogP contribution in [0, 0.1) is 0 Å². The molecule has 1 atom stereocenters. The number of benzene rings is 2. The molecule has 6 heteroatoms. The quantitative estimate of drug-likeness (QED) is 0.766. The van der Waals surface area contributed by atoms with Crippen molar-refractivity contribution in [2.45, 2.75) is 19.1 Å². The average molecular weight is 357 g/mol. The molecule has 0 saturated carbocycles. The van der Waals surface area contributed by atoms with Gasteiger partial charge in [-0.1, -0.05) is 23.7 Å². The molecule has 4 rings (SSSR count). The Kier molecular flexibility index (Phi) is 3.90. The third-order valence-corrected chi connectivity index (χ3v) is 4.97. The number of hydrogen-bond acceptors (Lipinski definition) is 3. The average Bonchev–Trinajstić information content (AvgIpc) is 3.06. The Morgan fingerprint density at radius 1 is 1.24 bits per heavy atom. The highest BCUT2D eigenvalue weighted by atomic mass is 35.5. The molecule has 25 heavy (non-hydrogen) atoms. The fraction of sp³-hybridized carbons (Fsp3) is 0.211. The molecule has 0 radical (unpaired) electrons. The van der Waals surface area contributed by atoms with Gasteiger partial charge in [0, 0.05) is 22.8 Å². The monoisotopic (exact) mass is 356 g/mol. The summed E-state index contributed by atoms with van der Waals surface area (Å²) in [6, 6.07) is 11.0. The van der Waals surface area contributed by atoms with E-state index in [2.05, 4.69) is 5.32 Å². The third-order valence-electron chi connectivity index (χ3n) is 4.72. The van der Waals surface area contributed by atoms with Crippen molar-refractivity contribution in [1.29, 1.82) is 0 Å². The van der Waals surface area contributed by atoms with Crippen LogP contribution in [0.5, 0.6) is 0 Å². The van der Waals surface area contributed by atoms with Crippen molar-refractivity contribution < 1.29 is 15.0 Å². The zero-order valence-electron chi connectivity index (χ0n) is 13.4. The third kappa shape index (κ3) is 2.75. The molecule has 1 amide bonds.